The third-order valence-corrected chi connectivity index (χ3v) is 8.70. The molecule has 0 radical (unpaired) electrons. The lowest BCUT2D eigenvalue weighted by Crippen LogP contribution is -2.64. The Morgan fingerprint density at radius 1 is 1.09 bits per heavy atom. The second-order valence-corrected chi connectivity index (χ2v) is 11.6. The minimum atomic E-state index is -3.50. The highest BCUT2D eigenvalue weighted by Crippen LogP contribution is 2.29. The van der Waals surface area contributed by atoms with Crippen molar-refractivity contribution in [3.63, 3.8) is 0 Å². The summed E-state index contributed by atoms with van der Waals surface area (Å²) in [6, 6.07) is 15.8. The summed E-state index contributed by atoms with van der Waals surface area (Å²) >= 11 is 0. The molecule has 0 aliphatic carbocycles. The summed E-state index contributed by atoms with van der Waals surface area (Å²) in [6.45, 7) is 9.69. The van der Waals surface area contributed by atoms with Crippen molar-refractivity contribution in [2.75, 3.05) is 26.2 Å². The molecule has 186 valence electrons. The number of benzene rings is 2. The Kier molecular flexibility index (Phi) is 8.79. The van der Waals surface area contributed by atoms with Crippen LogP contribution in [0.2, 0.25) is 0 Å². The molecule has 34 heavy (non-hydrogen) atoms. The van der Waals surface area contributed by atoms with Crippen LogP contribution in [-0.2, 0) is 23.0 Å². The maximum Gasteiger partial charge on any atom is 0.243 e. The molecule has 2 heterocycles. The van der Waals surface area contributed by atoms with E-state index in [4.69, 9.17) is 4.99 Å². The molecule has 1 saturated heterocycles. The van der Waals surface area contributed by atoms with E-state index in [9.17, 15) is 8.42 Å². The molecule has 1 spiro atoms. The highest BCUT2D eigenvalue weighted by molar-refractivity contribution is 7.89. The third-order valence-electron chi connectivity index (χ3n) is 6.79. The molecule has 0 unspecified atom stereocenters. The smallest absolute Gasteiger partial charge is 0.243 e. The average Bonchev–Trinajstić information content (AvgIpc) is 2.80. The largest absolute Gasteiger partial charge is 0.368 e. The van der Waals surface area contributed by atoms with Gasteiger partial charge in [0.2, 0.25) is 10.0 Å². The first-order valence-corrected chi connectivity index (χ1v) is 13.4. The Balaban J connectivity index is 0.00000324. The Morgan fingerprint density at radius 2 is 1.76 bits per heavy atom. The van der Waals surface area contributed by atoms with Crippen LogP contribution in [0.5, 0.6) is 0 Å². The lowest BCUT2D eigenvalue weighted by Gasteiger charge is -2.44. The van der Waals surface area contributed by atoms with Crippen LogP contribution in [0.25, 0.3) is 0 Å². The molecular weight excluding hydrogens is 468 g/mol. The fourth-order valence-corrected chi connectivity index (χ4v) is 6.29. The number of amidine groups is 1. The molecule has 2 aromatic carbocycles. The predicted molar refractivity (Wildman–Crippen MR) is 141 cm³/mol. The number of hydrogen-bond acceptors (Lipinski definition) is 5. The van der Waals surface area contributed by atoms with Gasteiger partial charge >= 0.3 is 0 Å². The number of halogens is 1. The molecule has 8 heteroatoms. The van der Waals surface area contributed by atoms with Gasteiger partial charge in [0.25, 0.3) is 0 Å². The standard InChI is InChI=1S/C26H36N4O2S.ClH/c1-20(2)18-22-8-10-24(11-9-22)33(31,32)30-16-12-26(13-17-30)25(27-14-15-29-26)28-19-23-7-5-4-6-21(23)3;/h4-11,20,29H,12-19H2,1-3H3,(H,27,28);1H. The SMILES string of the molecule is Cc1ccccc1CNC1=NCCNC12CCN(S(=O)(=O)c1ccc(CC(C)C)cc1)CC2.Cl. The average molecular weight is 505 g/mol. The highest BCUT2D eigenvalue weighted by Gasteiger charge is 2.43. The molecule has 2 aromatic rings. The molecule has 2 aliphatic heterocycles. The number of piperidine rings is 1. The van der Waals surface area contributed by atoms with Crippen molar-refractivity contribution in [2.24, 2.45) is 10.9 Å². The fraction of sp³-hybridized carbons (Fsp3) is 0.500. The number of nitrogens with one attached hydrogen (secondary N) is 2. The Hall–Kier alpha value is -1.93. The Bertz CT molecular complexity index is 1090. The van der Waals surface area contributed by atoms with Crippen molar-refractivity contribution in [3.8, 4) is 0 Å². The molecular formula is C26H37ClN4O2S. The quantitative estimate of drug-likeness (QED) is 0.625. The van der Waals surface area contributed by atoms with Gasteiger partial charge in [-0.05, 0) is 60.9 Å². The maximum absolute atomic E-state index is 13.3. The van der Waals surface area contributed by atoms with Crippen molar-refractivity contribution < 1.29 is 8.42 Å². The zero-order valence-electron chi connectivity index (χ0n) is 20.4. The van der Waals surface area contributed by atoms with Gasteiger partial charge in [-0.2, -0.15) is 4.31 Å². The van der Waals surface area contributed by atoms with Crippen LogP contribution in [0, 0.1) is 12.8 Å². The first kappa shape index (κ1) is 26.7. The summed E-state index contributed by atoms with van der Waals surface area (Å²) in [5, 5.41) is 7.22. The Morgan fingerprint density at radius 3 is 2.41 bits per heavy atom. The summed E-state index contributed by atoms with van der Waals surface area (Å²) in [5.74, 6) is 1.51. The molecule has 0 bridgehead atoms. The van der Waals surface area contributed by atoms with Crippen LogP contribution in [0.1, 0.15) is 43.4 Å². The van der Waals surface area contributed by atoms with Crippen LogP contribution in [-0.4, -0.2) is 50.3 Å². The highest BCUT2D eigenvalue weighted by atomic mass is 35.5. The monoisotopic (exact) mass is 504 g/mol. The summed E-state index contributed by atoms with van der Waals surface area (Å²) in [4.78, 5) is 5.19. The van der Waals surface area contributed by atoms with Gasteiger partial charge in [0.15, 0.2) is 0 Å². The molecule has 1 fully saturated rings. The van der Waals surface area contributed by atoms with Crippen molar-refractivity contribution in [2.45, 2.75) is 57.0 Å². The van der Waals surface area contributed by atoms with Crippen molar-refractivity contribution in [1.82, 2.24) is 14.9 Å². The van der Waals surface area contributed by atoms with Crippen LogP contribution < -0.4 is 10.6 Å². The summed E-state index contributed by atoms with van der Waals surface area (Å²) in [6.07, 6.45) is 2.37. The normalized spacial score (nSPS) is 18.4. The zero-order chi connectivity index (χ0) is 23.5. The summed E-state index contributed by atoms with van der Waals surface area (Å²) in [7, 11) is -3.50. The minimum Gasteiger partial charge on any atom is -0.368 e. The number of rotatable bonds is 6. The van der Waals surface area contributed by atoms with Crippen molar-refractivity contribution in [3.05, 3.63) is 65.2 Å². The molecule has 2 N–H and O–H groups in total. The molecule has 0 aromatic heterocycles. The van der Waals surface area contributed by atoms with E-state index >= 15 is 0 Å². The molecule has 0 atom stereocenters. The van der Waals surface area contributed by atoms with Crippen LogP contribution in [0.3, 0.4) is 0 Å². The van der Waals surface area contributed by atoms with E-state index in [1.54, 1.807) is 16.4 Å². The molecule has 0 saturated carbocycles. The lowest BCUT2D eigenvalue weighted by atomic mass is 9.85. The summed E-state index contributed by atoms with van der Waals surface area (Å²) < 4.78 is 28.2. The van der Waals surface area contributed by atoms with Gasteiger partial charge in [-0.1, -0.05) is 50.2 Å². The number of aryl methyl sites for hydroxylation is 1. The number of hydrogen-bond donors (Lipinski definition) is 2. The Labute approximate surface area is 210 Å². The van der Waals surface area contributed by atoms with Crippen LogP contribution in [0.15, 0.2) is 58.4 Å². The predicted octanol–water partition coefficient (Wildman–Crippen LogP) is 3.93. The van der Waals surface area contributed by atoms with E-state index in [1.807, 2.05) is 18.2 Å². The summed E-state index contributed by atoms with van der Waals surface area (Å²) in [5.41, 5.74) is 3.40. The molecule has 6 nitrogen and oxygen atoms in total. The second kappa shape index (κ2) is 11.2. The molecule has 4 rings (SSSR count). The zero-order valence-corrected chi connectivity index (χ0v) is 22.0. The van der Waals surface area contributed by atoms with Gasteiger partial charge < -0.3 is 10.6 Å². The number of sulfonamides is 1. The topological polar surface area (TPSA) is 73.8 Å². The van der Waals surface area contributed by atoms with Crippen molar-refractivity contribution in [1.29, 1.82) is 0 Å². The lowest BCUT2D eigenvalue weighted by molar-refractivity contribution is 0.241. The van der Waals surface area contributed by atoms with Crippen LogP contribution >= 0.6 is 12.4 Å². The van der Waals surface area contributed by atoms with E-state index in [-0.39, 0.29) is 17.9 Å². The van der Waals surface area contributed by atoms with Gasteiger partial charge in [-0.3, -0.25) is 4.99 Å². The van der Waals surface area contributed by atoms with E-state index < -0.39 is 10.0 Å². The van der Waals surface area contributed by atoms with E-state index in [2.05, 4.69) is 49.6 Å². The van der Waals surface area contributed by atoms with Gasteiger partial charge in [-0.25, -0.2) is 8.42 Å². The van der Waals surface area contributed by atoms with Gasteiger partial charge in [-0.15, -0.1) is 12.4 Å². The first-order valence-electron chi connectivity index (χ1n) is 12.0. The van der Waals surface area contributed by atoms with Gasteiger partial charge in [0.1, 0.15) is 5.84 Å². The first-order chi connectivity index (χ1) is 15.8. The maximum atomic E-state index is 13.3. The van der Waals surface area contributed by atoms with Gasteiger partial charge in [0, 0.05) is 26.2 Å². The second-order valence-electron chi connectivity index (χ2n) is 9.67. The van der Waals surface area contributed by atoms with E-state index in [1.165, 1.54) is 16.7 Å². The number of nitrogens with zero attached hydrogens (tertiary/aromatic N) is 2. The van der Waals surface area contributed by atoms with Crippen molar-refractivity contribution >= 4 is 28.3 Å². The van der Waals surface area contributed by atoms with Crippen LogP contribution in [0.4, 0.5) is 0 Å². The number of aliphatic imine (C=N–C) groups is 1. The molecule has 2 aliphatic rings. The molecule has 0 amide bonds. The third kappa shape index (κ3) is 5.82. The minimum absolute atomic E-state index is 0. The van der Waals surface area contributed by atoms with E-state index in [0.717, 1.165) is 31.9 Å². The van der Waals surface area contributed by atoms with E-state index in [0.29, 0.717) is 36.7 Å². The fourth-order valence-electron chi connectivity index (χ4n) is 4.85. The van der Waals surface area contributed by atoms with Gasteiger partial charge in [0.05, 0.1) is 17.0 Å².